The highest BCUT2D eigenvalue weighted by Gasteiger charge is 2.32. The van der Waals surface area contributed by atoms with E-state index >= 15 is 0 Å². The molecule has 0 atom stereocenters. The molecule has 0 radical (unpaired) electrons. The van der Waals surface area contributed by atoms with Crippen molar-refractivity contribution in [3.05, 3.63) is 34.9 Å². The second-order valence-corrected chi connectivity index (χ2v) is 10.5. The zero-order valence-corrected chi connectivity index (χ0v) is 17.9. The van der Waals surface area contributed by atoms with Crippen LogP contribution in [0.3, 0.4) is 0 Å². The smallest absolute Gasteiger partial charge is 0.162 e. The van der Waals surface area contributed by atoms with Crippen LogP contribution in [0.1, 0.15) is 100 Å². The van der Waals surface area contributed by atoms with E-state index in [0.29, 0.717) is 11.1 Å². The summed E-state index contributed by atoms with van der Waals surface area (Å²) >= 11 is 0. The van der Waals surface area contributed by atoms with E-state index in [1.54, 1.807) is 0 Å². The van der Waals surface area contributed by atoms with Gasteiger partial charge >= 0.3 is 0 Å². The number of benzene rings is 1. The van der Waals surface area contributed by atoms with Gasteiger partial charge in [-0.2, -0.15) is 0 Å². The minimum atomic E-state index is -0.541. The van der Waals surface area contributed by atoms with Crippen LogP contribution in [0.4, 0.5) is 8.78 Å². The zero-order chi connectivity index (χ0) is 19.7. The number of hydrogen-bond donors (Lipinski definition) is 0. The molecule has 4 heteroatoms. The molecule has 4 rings (SSSR count). The molecule has 3 saturated carbocycles. The number of hydrogen-bond acceptors (Lipinski definition) is 0. The van der Waals surface area contributed by atoms with E-state index in [-0.39, 0.29) is 11.8 Å². The van der Waals surface area contributed by atoms with E-state index in [4.69, 9.17) is 0 Å². The molecular formula is C24H36B2F2. The predicted molar refractivity (Wildman–Crippen MR) is 119 cm³/mol. The molecule has 0 heterocycles. The van der Waals surface area contributed by atoms with Crippen molar-refractivity contribution in [2.75, 3.05) is 0 Å². The SMILES string of the molecule is BC1CCC(c2ccc(C3CCC(C4CCC(B)CC4)CC3)c(F)c2F)CC1. The van der Waals surface area contributed by atoms with Gasteiger partial charge in [-0.1, -0.05) is 62.3 Å². The van der Waals surface area contributed by atoms with Crippen molar-refractivity contribution in [1.29, 1.82) is 0 Å². The van der Waals surface area contributed by atoms with Gasteiger partial charge in [0.1, 0.15) is 15.7 Å². The van der Waals surface area contributed by atoms with Gasteiger partial charge in [-0.25, -0.2) is 8.78 Å². The van der Waals surface area contributed by atoms with Crippen molar-refractivity contribution in [2.24, 2.45) is 11.8 Å². The third-order valence-electron chi connectivity index (χ3n) is 8.54. The van der Waals surface area contributed by atoms with Crippen LogP contribution in [0, 0.1) is 23.5 Å². The first-order chi connectivity index (χ1) is 13.5. The fourth-order valence-corrected chi connectivity index (χ4v) is 6.44. The molecule has 1 aromatic carbocycles. The first-order valence-corrected chi connectivity index (χ1v) is 12.0. The van der Waals surface area contributed by atoms with Gasteiger partial charge in [-0.05, 0) is 73.3 Å². The van der Waals surface area contributed by atoms with E-state index in [2.05, 4.69) is 15.7 Å². The molecule has 152 valence electrons. The maximum atomic E-state index is 15.0. The molecule has 0 nitrogen and oxygen atoms in total. The molecular weight excluding hydrogens is 348 g/mol. The summed E-state index contributed by atoms with van der Waals surface area (Å²) in [4.78, 5) is 0. The van der Waals surface area contributed by atoms with Crippen LogP contribution in [-0.2, 0) is 0 Å². The van der Waals surface area contributed by atoms with Crippen molar-refractivity contribution in [2.45, 2.75) is 101 Å². The first-order valence-electron chi connectivity index (χ1n) is 12.0. The summed E-state index contributed by atoms with van der Waals surface area (Å²) in [7, 11) is 4.64. The van der Waals surface area contributed by atoms with Crippen molar-refractivity contribution in [3.63, 3.8) is 0 Å². The Morgan fingerprint density at radius 3 is 1.29 bits per heavy atom. The molecule has 28 heavy (non-hydrogen) atoms. The van der Waals surface area contributed by atoms with Crippen LogP contribution in [0.25, 0.3) is 0 Å². The van der Waals surface area contributed by atoms with Crippen molar-refractivity contribution < 1.29 is 8.78 Å². The fraction of sp³-hybridized carbons (Fsp3) is 0.750. The Morgan fingerprint density at radius 1 is 0.536 bits per heavy atom. The summed E-state index contributed by atoms with van der Waals surface area (Å²) in [5.74, 6) is 2.68. The Labute approximate surface area is 172 Å². The quantitative estimate of drug-likeness (QED) is 0.567. The van der Waals surface area contributed by atoms with Gasteiger partial charge in [0.25, 0.3) is 0 Å². The highest BCUT2D eigenvalue weighted by Crippen LogP contribution is 2.46. The molecule has 0 bridgehead atoms. The monoisotopic (exact) mass is 384 g/mol. The summed E-state index contributed by atoms with van der Waals surface area (Å²) in [5, 5.41) is 0. The maximum absolute atomic E-state index is 15.0. The van der Waals surface area contributed by atoms with Gasteiger partial charge in [0.05, 0.1) is 0 Å². The minimum Gasteiger partial charge on any atom is -0.203 e. The van der Waals surface area contributed by atoms with Crippen LogP contribution in [-0.4, -0.2) is 15.7 Å². The summed E-state index contributed by atoms with van der Waals surface area (Å²) in [6, 6.07) is 3.85. The highest BCUT2D eigenvalue weighted by molar-refractivity contribution is 6.11. The normalized spacial score (nSPS) is 36.9. The van der Waals surface area contributed by atoms with Crippen molar-refractivity contribution in [3.8, 4) is 0 Å². The van der Waals surface area contributed by atoms with Crippen LogP contribution >= 0.6 is 0 Å². The summed E-state index contributed by atoms with van der Waals surface area (Å²) in [6.45, 7) is 0. The lowest BCUT2D eigenvalue weighted by Gasteiger charge is -2.37. The maximum Gasteiger partial charge on any atom is 0.162 e. The van der Waals surface area contributed by atoms with Crippen LogP contribution in [0.15, 0.2) is 12.1 Å². The molecule has 0 aromatic heterocycles. The Morgan fingerprint density at radius 2 is 0.857 bits per heavy atom. The lowest BCUT2D eigenvalue weighted by molar-refractivity contribution is 0.185. The molecule has 3 fully saturated rings. The molecule has 0 amide bonds. The van der Waals surface area contributed by atoms with Gasteiger partial charge in [0.15, 0.2) is 11.6 Å². The average Bonchev–Trinajstić information content (AvgIpc) is 2.72. The van der Waals surface area contributed by atoms with Gasteiger partial charge in [0.2, 0.25) is 0 Å². The van der Waals surface area contributed by atoms with Gasteiger partial charge in [-0.15, -0.1) is 0 Å². The van der Waals surface area contributed by atoms with Gasteiger partial charge < -0.3 is 0 Å². The molecule has 1 aromatic rings. The van der Waals surface area contributed by atoms with Crippen LogP contribution in [0.5, 0.6) is 0 Å². The van der Waals surface area contributed by atoms with E-state index < -0.39 is 11.6 Å². The Balaban J connectivity index is 1.39. The molecule has 0 unspecified atom stereocenters. The highest BCUT2D eigenvalue weighted by atomic mass is 19.2. The van der Waals surface area contributed by atoms with Crippen molar-refractivity contribution in [1.82, 2.24) is 0 Å². The third-order valence-corrected chi connectivity index (χ3v) is 8.54. The number of halogens is 2. The summed E-state index contributed by atoms with van der Waals surface area (Å²) < 4.78 is 29.9. The molecule has 3 aliphatic rings. The molecule has 0 saturated heterocycles. The lowest BCUT2D eigenvalue weighted by atomic mass is 9.65. The molecule has 3 aliphatic carbocycles. The Hall–Kier alpha value is -0.790. The molecule has 0 aliphatic heterocycles. The molecule has 0 spiro atoms. The summed E-state index contributed by atoms with van der Waals surface area (Å²) in [5.41, 5.74) is 1.29. The molecule has 0 N–H and O–H groups in total. The van der Waals surface area contributed by atoms with E-state index in [9.17, 15) is 8.78 Å². The van der Waals surface area contributed by atoms with Crippen molar-refractivity contribution >= 4 is 15.7 Å². The average molecular weight is 384 g/mol. The van der Waals surface area contributed by atoms with Crippen LogP contribution < -0.4 is 0 Å². The minimum absolute atomic E-state index is 0.212. The fourth-order valence-electron chi connectivity index (χ4n) is 6.44. The summed E-state index contributed by atoms with van der Waals surface area (Å²) in [6.07, 6.45) is 14.3. The zero-order valence-electron chi connectivity index (χ0n) is 17.9. The number of rotatable bonds is 3. The Bertz CT molecular complexity index is 653. The van der Waals surface area contributed by atoms with Crippen LogP contribution in [0.2, 0.25) is 11.6 Å². The second-order valence-electron chi connectivity index (χ2n) is 10.5. The standard InChI is InChI=1S/C24H36B2F2/c25-19-9-5-16(6-10-19)15-1-3-17(4-2-15)21-13-14-22(24(28)23(21)27)18-7-11-20(26)12-8-18/h13-20H,1-12,25-26H2. The van der Waals surface area contributed by atoms with E-state index in [1.807, 2.05) is 12.1 Å². The topological polar surface area (TPSA) is 0 Å². The van der Waals surface area contributed by atoms with Gasteiger partial charge in [-0.3, -0.25) is 0 Å². The second kappa shape index (κ2) is 8.92. The van der Waals surface area contributed by atoms with E-state index in [0.717, 1.165) is 62.0 Å². The van der Waals surface area contributed by atoms with Gasteiger partial charge in [0, 0.05) is 0 Å². The first kappa shape index (κ1) is 20.5. The predicted octanol–water partition coefficient (Wildman–Crippen LogP) is 5.93. The van der Waals surface area contributed by atoms with E-state index in [1.165, 1.54) is 38.5 Å². The largest absolute Gasteiger partial charge is 0.203 e. The lowest BCUT2D eigenvalue weighted by Crippen LogP contribution is -2.24. The Kier molecular flexibility index (Phi) is 6.53. The third kappa shape index (κ3) is 4.36.